The molecule has 0 aliphatic rings. The van der Waals surface area contributed by atoms with Gasteiger partial charge in [-0.05, 0) is 14.0 Å². The predicted molar refractivity (Wildman–Crippen MR) is 61.0 cm³/mol. The van der Waals surface area contributed by atoms with E-state index in [0.717, 1.165) is 33.9 Å². The molecule has 4 nitrogen and oxygen atoms in total. The lowest BCUT2D eigenvalue weighted by Gasteiger charge is -2.04. The van der Waals surface area contributed by atoms with E-state index in [1.54, 1.807) is 10.9 Å². The zero-order chi connectivity index (χ0) is 11.0. The molecule has 5 heteroatoms. The number of nitrogens with one attached hydrogen (secondary N) is 1. The summed E-state index contributed by atoms with van der Waals surface area (Å²) in [5, 5.41) is 9.07. The van der Waals surface area contributed by atoms with Crippen molar-refractivity contribution in [3.05, 3.63) is 22.5 Å². The minimum atomic E-state index is 0.718. The summed E-state index contributed by atoms with van der Waals surface area (Å²) >= 11 is 6.31. The van der Waals surface area contributed by atoms with Gasteiger partial charge in [0.05, 0.1) is 16.1 Å². The van der Waals surface area contributed by atoms with Crippen LogP contribution in [-0.4, -0.2) is 21.8 Å². The monoisotopic (exact) mass is 224 g/mol. The standard InChI is InChI=1S/C10H13ClN4/c1-6-8-9(11)7(4-12-2)5-13-10(8)15(3)14-6/h5,12H,4H2,1-3H3. The molecule has 2 aromatic rings. The summed E-state index contributed by atoms with van der Waals surface area (Å²) in [4.78, 5) is 4.36. The maximum atomic E-state index is 6.31. The number of pyridine rings is 1. The van der Waals surface area contributed by atoms with Crippen LogP contribution in [0, 0.1) is 6.92 Å². The second-order valence-corrected chi connectivity index (χ2v) is 3.91. The van der Waals surface area contributed by atoms with E-state index in [1.165, 1.54) is 0 Å². The van der Waals surface area contributed by atoms with Crippen LogP contribution in [0.4, 0.5) is 0 Å². The fourth-order valence-corrected chi connectivity index (χ4v) is 2.06. The van der Waals surface area contributed by atoms with Crippen molar-refractivity contribution in [2.45, 2.75) is 13.5 Å². The summed E-state index contributed by atoms with van der Waals surface area (Å²) in [7, 11) is 3.76. The van der Waals surface area contributed by atoms with Crippen molar-refractivity contribution in [3.63, 3.8) is 0 Å². The van der Waals surface area contributed by atoms with Gasteiger partial charge in [0.1, 0.15) is 0 Å². The van der Waals surface area contributed by atoms with Crippen molar-refractivity contribution >= 4 is 22.6 Å². The molecule has 80 valence electrons. The molecule has 15 heavy (non-hydrogen) atoms. The van der Waals surface area contributed by atoms with Gasteiger partial charge in [-0.15, -0.1) is 0 Å². The van der Waals surface area contributed by atoms with E-state index >= 15 is 0 Å². The van der Waals surface area contributed by atoms with Gasteiger partial charge in [0.15, 0.2) is 5.65 Å². The number of aryl methyl sites for hydroxylation is 2. The molecular formula is C10H13ClN4. The van der Waals surface area contributed by atoms with Crippen LogP contribution >= 0.6 is 11.6 Å². The first-order valence-corrected chi connectivity index (χ1v) is 5.14. The minimum Gasteiger partial charge on any atom is -0.316 e. The Bertz CT molecular complexity index is 504. The van der Waals surface area contributed by atoms with E-state index in [0.29, 0.717) is 0 Å². The highest BCUT2D eigenvalue weighted by Gasteiger charge is 2.12. The Morgan fingerprint density at radius 1 is 1.53 bits per heavy atom. The number of aromatic nitrogens is 3. The van der Waals surface area contributed by atoms with Gasteiger partial charge < -0.3 is 5.32 Å². The fraction of sp³-hybridized carbons (Fsp3) is 0.400. The zero-order valence-corrected chi connectivity index (χ0v) is 9.76. The van der Waals surface area contributed by atoms with Gasteiger partial charge in [0.25, 0.3) is 0 Å². The molecule has 0 aliphatic carbocycles. The first-order chi connectivity index (χ1) is 7.15. The lowest BCUT2D eigenvalue weighted by Crippen LogP contribution is -2.06. The van der Waals surface area contributed by atoms with Crippen molar-refractivity contribution < 1.29 is 0 Å². The lowest BCUT2D eigenvalue weighted by atomic mass is 10.2. The predicted octanol–water partition coefficient (Wildman–Crippen LogP) is 1.65. The third kappa shape index (κ3) is 1.60. The Morgan fingerprint density at radius 3 is 2.93 bits per heavy atom. The van der Waals surface area contributed by atoms with Crippen LogP contribution < -0.4 is 5.32 Å². The van der Waals surface area contributed by atoms with Crippen molar-refractivity contribution in [3.8, 4) is 0 Å². The van der Waals surface area contributed by atoms with Crippen LogP contribution in [0.3, 0.4) is 0 Å². The minimum absolute atomic E-state index is 0.718. The molecule has 0 amide bonds. The van der Waals surface area contributed by atoms with Crippen molar-refractivity contribution in [1.82, 2.24) is 20.1 Å². The van der Waals surface area contributed by atoms with Crippen molar-refractivity contribution in [2.75, 3.05) is 7.05 Å². The van der Waals surface area contributed by atoms with Gasteiger partial charge in [-0.3, -0.25) is 4.68 Å². The number of fused-ring (bicyclic) bond motifs is 1. The summed E-state index contributed by atoms with van der Waals surface area (Å²) in [6, 6.07) is 0. The number of nitrogens with zero attached hydrogens (tertiary/aromatic N) is 3. The first kappa shape index (κ1) is 10.4. The number of hydrogen-bond acceptors (Lipinski definition) is 3. The molecule has 0 aromatic carbocycles. The molecule has 0 atom stereocenters. The van der Waals surface area contributed by atoms with Crippen molar-refractivity contribution in [1.29, 1.82) is 0 Å². The maximum Gasteiger partial charge on any atom is 0.159 e. The fourth-order valence-electron chi connectivity index (χ4n) is 1.72. The Kier molecular flexibility index (Phi) is 2.63. The van der Waals surface area contributed by atoms with Gasteiger partial charge in [-0.1, -0.05) is 11.6 Å². The van der Waals surface area contributed by atoms with E-state index in [-0.39, 0.29) is 0 Å². The topological polar surface area (TPSA) is 42.7 Å². The van der Waals surface area contributed by atoms with Crippen LogP contribution in [0.5, 0.6) is 0 Å². The van der Waals surface area contributed by atoms with Gasteiger partial charge in [-0.25, -0.2) is 4.98 Å². The van der Waals surface area contributed by atoms with E-state index in [1.807, 2.05) is 21.0 Å². The third-order valence-electron chi connectivity index (χ3n) is 2.40. The molecule has 0 fully saturated rings. The largest absolute Gasteiger partial charge is 0.316 e. The summed E-state index contributed by atoms with van der Waals surface area (Å²) in [5.74, 6) is 0. The van der Waals surface area contributed by atoms with Crippen LogP contribution in [0.2, 0.25) is 5.02 Å². The molecule has 0 unspecified atom stereocenters. The summed E-state index contributed by atoms with van der Waals surface area (Å²) in [6.45, 7) is 2.66. The molecule has 0 saturated heterocycles. The SMILES string of the molecule is CNCc1cnc2c(c(C)nn2C)c1Cl. The van der Waals surface area contributed by atoms with Crippen LogP contribution in [0.1, 0.15) is 11.3 Å². The highest BCUT2D eigenvalue weighted by molar-refractivity contribution is 6.36. The summed E-state index contributed by atoms with van der Waals surface area (Å²) in [6.07, 6.45) is 1.79. The van der Waals surface area contributed by atoms with E-state index in [2.05, 4.69) is 15.4 Å². The van der Waals surface area contributed by atoms with Crippen molar-refractivity contribution in [2.24, 2.45) is 7.05 Å². The highest BCUT2D eigenvalue weighted by Crippen LogP contribution is 2.27. The average molecular weight is 225 g/mol. The van der Waals surface area contributed by atoms with Crippen LogP contribution in [0.25, 0.3) is 11.0 Å². The number of rotatable bonds is 2. The first-order valence-electron chi connectivity index (χ1n) is 4.76. The van der Waals surface area contributed by atoms with E-state index in [4.69, 9.17) is 11.6 Å². The average Bonchev–Trinajstić information content (AvgIpc) is 2.47. The quantitative estimate of drug-likeness (QED) is 0.844. The molecule has 2 heterocycles. The molecule has 2 aromatic heterocycles. The van der Waals surface area contributed by atoms with Gasteiger partial charge >= 0.3 is 0 Å². The highest BCUT2D eigenvalue weighted by atomic mass is 35.5. The lowest BCUT2D eigenvalue weighted by molar-refractivity contribution is 0.772. The molecule has 1 N–H and O–H groups in total. The second kappa shape index (κ2) is 3.79. The molecule has 0 spiro atoms. The molecule has 0 aliphatic heterocycles. The van der Waals surface area contributed by atoms with E-state index in [9.17, 15) is 0 Å². The number of hydrogen-bond donors (Lipinski definition) is 1. The van der Waals surface area contributed by atoms with Gasteiger partial charge in [-0.2, -0.15) is 5.10 Å². The van der Waals surface area contributed by atoms with Gasteiger partial charge in [0.2, 0.25) is 0 Å². The van der Waals surface area contributed by atoms with E-state index < -0.39 is 0 Å². The third-order valence-corrected chi connectivity index (χ3v) is 2.83. The van der Waals surface area contributed by atoms with Crippen LogP contribution in [0.15, 0.2) is 6.20 Å². The number of halogens is 1. The molecule has 2 rings (SSSR count). The zero-order valence-electron chi connectivity index (χ0n) is 9.00. The van der Waals surface area contributed by atoms with Crippen LogP contribution in [-0.2, 0) is 13.6 Å². The maximum absolute atomic E-state index is 6.31. The Morgan fingerprint density at radius 2 is 2.27 bits per heavy atom. The van der Waals surface area contributed by atoms with Gasteiger partial charge in [0, 0.05) is 25.4 Å². The molecule has 0 radical (unpaired) electrons. The summed E-state index contributed by atoms with van der Waals surface area (Å²) in [5.41, 5.74) is 2.75. The normalized spacial score (nSPS) is 11.2. The smallest absolute Gasteiger partial charge is 0.159 e. The molecular weight excluding hydrogens is 212 g/mol. The second-order valence-electron chi connectivity index (χ2n) is 3.54. The Hall–Kier alpha value is -1.13. The molecule has 0 bridgehead atoms. The summed E-state index contributed by atoms with van der Waals surface area (Å²) < 4.78 is 1.75. The Balaban J connectivity index is 2.72. The Labute approximate surface area is 93.3 Å². The molecule has 0 saturated carbocycles.